The van der Waals surface area contributed by atoms with Crippen molar-refractivity contribution in [3.8, 4) is 5.75 Å². The van der Waals surface area contributed by atoms with Gasteiger partial charge in [-0.1, -0.05) is 12.1 Å². The highest BCUT2D eigenvalue weighted by Gasteiger charge is 2.41. The van der Waals surface area contributed by atoms with Crippen LogP contribution in [0.5, 0.6) is 5.75 Å². The van der Waals surface area contributed by atoms with E-state index in [4.69, 9.17) is 0 Å². The molecule has 1 unspecified atom stereocenters. The van der Waals surface area contributed by atoms with Gasteiger partial charge < -0.3 is 10.4 Å². The first-order chi connectivity index (χ1) is 7.65. The summed E-state index contributed by atoms with van der Waals surface area (Å²) in [5.74, 6) is 0.332. The van der Waals surface area contributed by atoms with Crippen LogP contribution in [0.1, 0.15) is 31.4 Å². The van der Waals surface area contributed by atoms with E-state index < -0.39 is 0 Å². The number of aromatic hydroxyl groups is 1. The van der Waals surface area contributed by atoms with Crippen LogP contribution in [0.2, 0.25) is 0 Å². The first kappa shape index (κ1) is 11.8. The van der Waals surface area contributed by atoms with E-state index >= 15 is 0 Å². The Bertz CT molecular complexity index is 345. The van der Waals surface area contributed by atoms with E-state index in [-0.39, 0.29) is 0 Å². The van der Waals surface area contributed by atoms with Crippen molar-refractivity contribution in [2.75, 3.05) is 12.8 Å². The van der Waals surface area contributed by atoms with E-state index in [1.165, 1.54) is 18.4 Å². The molecule has 1 aromatic carbocycles. The molecule has 88 valence electrons. The summed E-state index contributed by atoms with van der Waals surface area (Å²) in [7, 11) is 0. The topological polar surface area (TPSA) is 32.3 Å². The Balaban J connectivity index is 1.88. The van der Waals surface area contributed by atoms with Gasteiger partial charge in [-0.05, 0) is 43.7 Å². The van der Waals surface area contributed by atoms with Gasteiger partial charge in [0.25, 0.3) is 0 Å². The Labute approximate surface area is 101 Å². The number of hydrogen-bond acceptors (Lipinski definition) is 3. The highest BCUT2D eigenvalue weighted by atomic mass is 32.2. The summed E-state index contributed by atoms with van der Waals surface area (Å²) in [6.07, 6.45) is 4.87. The molecule has 0 aromatic heterocycles. The SMILES string of the molecule is CSC1(CNC(C)c2ccc(O)cc2)CC1. The summed E-state index contributed by atoms with van der Waals surface area (Å²) < 4.78 is 0.505. The van der Waals surface area contributed by atoms with Crippen LogP contribution in [0.4, 0.5) is 0 Å². The smallest absolute Gasteiger partial charge is 0.115 e. The average Bonchev–Trinajstić information content (AvgIpc) is 3.08. The molecule has 0 bridgehead atoms. The lowest BCUT2D eigenvalue weighted by Gasteiger charge is -2.18. The average molecular weight is 237 g/mol. The summed E-state index contributed by atoms with van der Waals surface area (Å²) in [5.41, 5.74) is 1.23. The fraction of sp³-hybridized carbons (Fsp3) is 0.538. The monoisotopic (exact) mass is 237 g/mol. The summed E-state index contributed by atoms with van der Waals surface area (Å²) in [4.78, 5) is 0. The van der Waals surface area contributed by atoms with Crippen molar-refractivity contribution in [3.05, 3.63) is 29.8 Å². The predicted octanol–water partition coefficient (Wildman–Crippen LogP) is 2.94. The molecule has 1 saturated carbocycles. The molecular weight excluding hydrogens is 218 g/mol. The normalized spacial score (nSPS) is 19.4. The molecule has 0 radical (unpaired) electrons. The zero-order chi connectivity index (χ0) is 11.6. The summed E-state index contributed by atoms with van der Waals surface area (Å²) in [6.45, 7) is 3.25. The van der Waals surface area contributed by atoms with Gasteiger partial charge >= 0.3 is 0 Å². The third-order valence-electron chi connectivity index (χ3n) is 3.36. The van der Waals surface area contributed by atoms with Crippen molar-refractivity contribution in [1.29, 1.82) is 0 Å². The minimum atomic E-state index is 0.332. The standard InChI is InChI=1S/C13H19NOS/c1-10(11-3-5-12(15)6-4-11)14-9-13(16-2)7-8-13/h3-6,10,14-15H,7-9H2,1-2H3. The van der Waals surface area contributed by atoms with Crippen LogP contribution in [0.3, 0.4) is 0 Å². The van der Waals surface area contributed by atoms with Crippen molar-refractivity contribution in [3.63, 3.8) is 0 Å². The molecule has 0 heterocycles. The zero-order valence-corrected chi connectivity index (χ0v) is 10.7. The number of phenolic OH excluding ortho intramolecular Hbond substituents is 1. The molecule has 2 nitrogen and oxygen atoms in total. The van der Waals surface area contributed by atoms with E-state index in [1.807, 2.05) is 23.9 Å². The van der Waals surface area contributed by atoms with E-state index in [0.29, 0.717) is 16.5 Å². The van der Waals surface area contributed by atoms with Gasteiger partial charge in [-0.3, -0.25) is 0 Å². The largest absolute Gasteiger partial charge is 0.508 e. The lowest BCUT2D eigenvalue weighted by molar-refractivity contribution is 0.474. The molecule has 0 saturated heterocycles. The maximum absolute atomic E-state index is 9.22. The number of phenols is 1. The van der Waals surface area contributed by atoms with E-state index in [2.05, 4.69) is 18.5 Å². The lowest BCUT2D eigenvalue weighted by atomic mass is 10.1. The lowest BCUT2D eigenvalue weighted by Crippen LogP contribution is -2.28. The van der Waals surface area contributed by atoms with Crippen LogP contribution in [0.25, 0.3) is 0 Å². The molecular formula is C13H19NOS. The maximum atomic E-state index is 9.22. The van der Waals surface area contributed by atoms with Gasteiger partial charge in [-0.25, -0.2) is 0 Å². The molecule has 16 heavy (non-hydrogen) atoms. The van der Waals surface area contributed by atoms with Gasteiger partial charge in [0.2, 0.25) is 0 Å². The quantitative estimate of drug-likeness (QED) is 0.826. The van der Waals surface area contributed by atoms with Gasteiger partial charge in [0.1, 0.15) is 5.75 Å². The predicted molar refractivity (Wildman–Crippen MR) is 70.0 cm³/mol. The van der Waals surface area contributed by atoms with Crippen LogP contribution < -0.4 is 5.32 Å². The first-order valence-electron chi connectivity index (χ1n) is 5.73. The van der Waals surface area contributed by atoms with Crippen LogP contribution in [-0.2, 0) is 0 Å². The molecule has 0 amide bonds. The number of rotatable bonds is 5. The van der Waals surface area contributed by atoms with E-state index in [0.717, 1.165) is 6.54 Å². The van der Waals surface area contributed by atoms with Crippen molar-refractivity contribution in [2.24, 2.45) is 0 Å². The molecule has 1 aromatic rings. The van der Waals surface area contributed by atoms with Crippen LogP contribution in [-0.4, -0.2) is 22.7 Å². The Morgan fingerprint density at radius 2 is 2.00 bits per heavy atom. The fourth-order valence-corrected chi connectivity index (χ4v) is 2.55. The van der Waals surface area contributed by atoms with Crippen molar-refractivity contribution >= 4 is 11.8 Å². The summed E-state index contributed by atoms with van der Waals surface area (Å²) in [6, 6.07) is 7.80. The van der Waals surface area contributed by atoms with Gasteiger partial charge in [0.05, 0.1) is 0 Å². The van der Waals surface area contributed by atoms with Crippen LogP contribution in [0.15, 0.2) is 24.3 Å². The van der Waals surface area contributed by atoms with Crippen molar-refractivity contribution in [2.45, 2.75) is 30.6 Å². The summed E-state index contributed by atoms with van der Waals surface area (Å²) in [5, 5.41) is 12.8. The highest BCUT2D eigenvalue weighted by Crippen LogP contribution is 2.46. The molecule has 2 rings (SSSR count). The second-order valence-corrected chi connectivity index (χ2v) is 5.86. The fourth-order valence-electron chi connectivity index (χ4n) is 1.81. The number of hydrogen-bond donors (Lipinski definition) is 2. The number of benzene rings is 1. The Kier molecular flexibility index (Phi) is 3.45. The molecule has 0 spiro atoms. The van der Waals surface area contributed by atoms with Crippen LogP contribution >= 0.6 is 11.8 Å². The van der Waals surface area contributed by atoms with E-state index in [9.17, 15) is 5.11 Å². The highest BCUT2D eigenvalue weighted by molar-refractivity contribution is 8.00. The molecule has 0 aliphatic heterocycles. The first-order valence-corrected chi connectivity index (χ1v) is 6.95. The molecule has 2 N–H and O–H groups in total. The van der Waals surface area contributed by atoms with Gasteiger partial charge in [0.15, 0.2) is 0 Å². The number of thioether (sulfide) groups is 1. The Morgan fingerprint density at radius 1 is 1.38 bits per heavy atom. The van der Waals surface area contributed by atoms with Gasteiger partial charge in [0, 0.05) is 17.3 Å². The minimum absolute atomic E-state index is 0.332. The molecule has 1 atom stereocenters. The molecule has 3 heteroatoms. The number of nitrogens with one attached hydrogen (secondary N) is 1. The molecule has 1 aliphatic carbocycles. The van der Waals surface area contributed by atoms with Gasteiger partial charge in [-0.2, -0.15) is 11.8 Å². The third-order valence-corrected chi connectivity index (χ3v) is 4.78. The minimum Gasteiger partial charge on any atom is -0.508 e. The maximum Gasteiger partial charge on any atom is 0.115 e. The van der Waals surface area contributed by atoms with E-state index in [1.54, 1.807) is 12.1 Å². The van der Waals surface area contributed by atoms with Crippen molar-refractivity contribution < 1.29 is 5.11 Å². The molecule has 1 aliphatic rings. The summed E-state index contributed by atoms with van der Waals surface area (Å²) >= 11 is 1.98. The Hall–Kier alpha value is -0.670. The molecule has 1 fully saturated rings. The third kappa shape index (κ3) is 2.71. The van der Waals surface area contributed by atoms with Crippen molar-refractivity contribution in [1.82, 2.24) is 5.32 Å². The Morgan fingerprint density at radius 3 is 2.50 bits per heavy atom. The van der Waals surface area contributed by atoms with Gasteiger partial charge in [-0.15, -0.1) is 0 Å². The zero-order valence-electron chi connectivity index (χ0n) is 9.86. The second kappa shape index (κ2) is 4.68. The second-order valence-electron chi connectivity index (χ2n) is 4.58. The van der Waals surface area contributed by atoms with Crippen LogP contribution in [0, 0.1) is 0 Å².